The smallest absolute Gasteiger partial charge is 0.256 e. The first kappa shape index (κ1) is 28.5. The van der Waals surface area contributed by atoms with E-state index in [2.05, 4.69) is 11.0 Å². The Morgan fingerprint density at radius 1 is 0.907 bits per heavy atom. The Hall–Kier alpha value is -3.29. The van der Waals surface area contributed by atoms with Gasteiger partial charge in [-0.15, -0.1) is 0 Å². The fraction of sp³-hybridized carbons (Fsp3) is 0.429. The van der Waals surface area contributed by atoms with Gasteiger partial charge in [0.2, 0.25) is 0 Å². The topological polar surface area (TPSA) is 43.9 Å². The number of aryl methyl sites for hydroxylation is 1. The van der Waals surface area contributed by atoms with Crippen molar-refractivity contribution in [1.82, 2.24) is 14.7 Å². The lowest BCUT2D eigenvalue weighted by atomic mass is 9.77. The molecule has 4 aliphatic rings. The number of benzene rings is 3. The summed E-state index contributed by atoms with van der Waals surface area (Å²) in [6.45, 7) is 3.19. The number of carbonyl (C=O) groups is 2. The molecule has 7 rings (SSSR count). The van der Waals surface area contributed by atoms with Gasteiger partial charge in [0.25, 0.3) is 11.8 Å². The fourth-order valence-corrected chi connectivity index (χ4v) is 7.70. The Kier molecular flexibility index (Phi) is 7.50. The molecule has 1 saturated carbocycles. The first-order valence-electron chi connectivity index (χ1n) is 15.5. The van der Waals surface area contributed by atoms with Crippen LogP contribution in [0.5, 0.6) is 0 Å². The van der Waals surface area contributed by atoms with Crippen LogP contribution in [0, 0.1) is 17.0 Å². The van der Waals surface area contributed by atoms with Gasteiger partial charge in [-0.3, -0.25) is 14.5 Å². The first-order chi connectivity index (χ1) is 20.8. The molecular weight excluding hydrogens is 568 g/mol. The summed E-state index contributed by atoms with van der Waals surface area (Å²) < 4.78 is 28.4. The Morgan fingerprint density at radius 2 is 1.63 bits per heavy atom. The molecule has 2 aliphatic carbocycles. The van der Waals surface area contributed by atoms with Crippen LogP contribution >= 0.6 is 11.6 Å². The van der Waals surface area contributed by atoms with Crippen LogP contribution in [-0.4, -0.2) is 58.7 Å². The van der Waals surface area contributed by atoms with Crippen molar-refractivity contribution in [1.29, 1.82) is 0 Å². The predicted molar refractivity (Wildman–Crippen MR) is 162 cm³/mol. The zero-order valence-corrected chi connectivity index (χ0v) is 25.0. The first-order valence-corrected chi connectivity index (χ1v) is 15.8. The van der Waals surface area contributed by atoms with Crippen LogP contribution in [-0.2, 0) is 13.0 Å². The molecule has 0 radical (unpaired) electrons. The Bertz CT molecular complexity index is 1550. The molecule has 2 heterocycles. The molecule has 2 saturated heterocycles. The molecule has 2 amide bonds. The van der Waals surface area contributed by atoms with Crippen molar-refractivity contribution in [3.05, 3.63) is 105 Å². The van der Waals surface area contributed by atoms with E-state index in [4.69, 9.17) is 11.6 Å². The normalized spacial score (nSPS) is 21.3. The summed E-state index contributed by atoms with van der Waals surface area (Å²) in [6.07, 6.45) is 6.45. The highest BCUT2D eigenvalue weighted by atomic mass is 35.5. The van der Waals surface area contributed by atoms with Crippen LogP contribution in [0.4, 0.5) is 8.78 Å². The van der Waals surface area contributed by atoms with Gasteiger partial charge in [0.15, 0.2) is 0 Å². The van der Waals surface area contributed by atoms with Gasteiger partial charge in [0.1, 0.15) is 11.6 Å². The van der Waals surface area contributed by atoms with Crippen LogP contribution in [0.25, 0.3) is 0 Å². The maximum atomic E-state index is 14.2. The van der Waals surface area contributed by atoms with Crippen LogP contribution in [0.2, 0.25) is 5.02 Å². The van der Waals surface area contributed by atoms with Gasteiger partial charge in [-0.25, -0.2) is 8.78 Å². The van der Waals surface area contributed by atoms with Crippen molar-refractivity contribution in [2.45, 2.75) is 63.6 Å². The second-order valence-corrected chi connectivity index (χ2v) is 13.3. The van der Waals surface area contributed by atoms with Crippen molar-refractivity contribution in [2.75, 3.05) is 26.2 Å². The molecule has 1 spiro atoms. The zero-order chi connectivity index (χ0) is 29.7. The highest BCUT2D eigenvalue weighted by Crippen LogP contribution is 2.45. The van der Waals surface area contributed by atoms with Crippen LogP contribution in [0.1, 0.15) is 82.0 Å². The fourth-order valence-electron chi connectivity index (χ4n) is 7.48. The van der Waals surface area contributed by atoms with Gasteiger partial charge in [-0.1, -0.05) is 35.9 Å². The second-order valence-electron chi connectivity index (χ2n) is 12.8. The highest BCUT2D eigenvalue weighted by molar-refractivity contribution is 6.33. The molecule has 5 nitrogen and oxygen atoms in total. The van der Waals surface area contributed by atoms with Crippen molar-refractivity contribution in [3.63, 3.8) is 0 Å². The van der Waals surface area contributed by atoms with Gasteiger partial charge < -0.3 is 9.80 Å². The number of halogens is 3. The van der Waals surface area contributed by atoms with Gasteiger partial charge in [-0.2, -0.15) is 0 Å². The van der Waals surface area contributed by atoms with E-state index in [1.807, 2.05) is 34.1 Å². The maximum Gasteiger partial charge on any atom is 0.256 e. The minimum absolute atomic E-state index is 0.0340. The van der Waals surface area contributed by atoms with Crippen molar-refractivity contribution < 1.29 is 18.4 Å². The van der Waals surface area contributed by atoms with E-state index in [9.17, 15) is 18.4 Å². The molecule has 1 unspecified atom stereocenters. The monoisotopic (exact) mass is 603 g/mol. The van der Waals surface area contributed by atoms with Gasteiger partial charge in [0, 0.05) is 36.8 Å². The lowest BCUT2D eigenvalue weighted by Crippen LogP contribution is -2.42. The maximum absolute atomic E-state index is 14.2. The standard InChI is InChI=1S/C35H36ClF2N3O2/c36-29-5-2-1-4-26(29)34(43)41(25-11-12-25)32-13-10-23-8-9-24(20-27(23)32)33(42)40-19-16-35(22-40)14-17-39(18-15-35)21-28-30(37)6-3-7-31(28)38/h1-9,20,25,32H,10-19,21-22H2. The van der Waals surface area contributed by atoms with Gasteiger partial charge in [-0.05, 0) is 111 Å². The van der Waals surface area contributed by atoms with E-state index in [0.29, 0.717) is 29.2 Å². The van der Waals surface area contributed by atoms with Crippen molar-refractivity contribution >= 4 is 23.4 Å². The summed E-state index contributed by atoms with van der Waals surface area (Å²) in [5.74, 6) is -0.990. The Balaban J connectivity index is 1.04. The summed E-state index contributed by atoms with van der Waals surface area (Å²) in [4.78, 5) is 33.7. The molecule has 224 valence electrons. The molecule has 0 N–H and O–H groups in total. The molecule has 3 fully saturated rings. The van der Waals surface area contributed by atoms with E-state index < -0.39 is 11.6 Å². The number of hydrogen-bond acceptors (Lipinski definition) is 3. The number of fused-ring (bicyclic) bond motifs is 1. The average molecular weight is 604 g/mol. The summed E-state index contributed by atoms with van der Waals surface area (Å²) in [7, 11) is 0. The lowest BCUT2D eigenvalue weighted by molar-refractivity contribution is 0.0658. The number of carbonyl (C=O) groups excluding carboxylic acids is 2. The van der Waals surface area contributed by atoms with E-state index in [0.717, 1.165) is 63.6 Å². The van der Waals surface area contributed by atoms with Crippen molar-refractivity contribution in [3.8, 4) is 0 Å². The van der Waals surface area contributed by atoms with Gasteiger partial charge in [0.05, 0.1) is 16.6 Å². The number of hydrogen-bond donors (Lipinski definition) is 0. The summed E-state index contributed by atoms with van der Waals surface area (Å²) in [5.41, 5.74) is 3.67. The summed E-state index contributed by atoms with van der Waals surface area (Å²) >= 11 is 6.42. The van der Waals surface area contributed by atoms with Crippen LogP contribution < -0.4 is 0 Å². The third-order valence-corrected chi connectivity index (χ3v) is 10.5. The molecule has 3 aromatic rings. The highest BCUT2D eigenvalue weighted by Gasteiger charge is 2.44. The van der Waals surface area contributed by atoms with E-state index in [-0.39, 0.29) is 41.4 Å². The van der Waals surface area contributed by atoms with Gasteiger partial charge >= 0.3 is 0 Å². The number of piperidine rings is 1. The number of amides is 2. The molecular formula is C35H36ClF2N3O2. The van der Waals surface area contributed by atoms with Crippen molar-refractivity contribution in [2.24, 2.45) is 5.41 Å². The number of nitrogens with zero attached hydrogens (tertiary/aromatic N) is 3. The average Bonchev–Trinajstić information content (AvgIpc) is 3.63. The lowest BCUT2D eigenvalue weighted by Gasteiger charge is -2.39. The molecule has 43 heavy (non-hydrogen) atoms. The van der Waals surface area contributed by atoms with E-state index in [1.54, 1.807) is 12.1 Å². The largest absolute Gasteiger partial charge is 0.338 e. The quantitative estimate of drug-likeness (QED) is 0.304. The molecule has 3 aromatic carbocycles. The Labute approximate surface area is 256 Å². The molecule has 2 aliphatic heterocycles. The molecule has 1 atom stereocenters. The minimum atomic E-state index is -0.497. The number of rotatable bonds is 6. The van der Waals surface area contributed by atoms with E-state index >= 15 is 0 Å². The predicted octanol–water partition coefficient (Wildman–Crippen LogP) is 7.04. The Morgan fingerprint density at radius 3 is 2.35 bits per heavy atom. The third kappa shape index (κ3) is 5.46. The summed E-state index contributed by atoms with van der Waals surface area (Å²) in [6, 6.07) is 17.4. The number of likely N-dealkylation sites (tertiary alicyclic amines) is 2. The second kappa shape index (κ2) is 11.3. The van der Waals surface area contributed by atoms with Crippen LogP contribution in [0.15, 0.2) is 60.7 Å². The minimum Gasteiger partial charge on any atom is -0.338 e. The third-order valence-electron chi connectivity index (χ3n) is 10.1. The summed E-state index contributed by atoms with van der Waals surface area (Å²) in [5, 5.41) is 0.466. The zero-order valence-electron chi connectivity index (χ0n) is 24.2. The molecule has 0 aromatic heterocycles. The van der Waals surface area contributed by atoms with Crippen LogP contribution in [0.3, 0.4) is 0 Å². The SMILES string of the molecule is O=C(c1ccc2c(c1)C(N(C(=O)c1ccccc1Cl)C1CC1)CC2)N1CCC2(CCN(Cc3c(F)cccc3F)CC2)C1. The molecule has 0 bridgehead atoms. The molecule has 8 heteroatoms. The van der Waals surface area contributed by atoms with E-state index in [1.165, 1.54) is 23.8 Å².